The Morgan fingerprint density at radius 1 is 0.889 bits per heavy atom. The molecular weight excluding hydrogens is 336 g/mol. The van der Waals surface area contributed by atoms with Crippen molar-refractivity contribution in [2.45, 2.75) is 39.7 Å². The van der Waals surface area contributed by atoms with Crippen molar-refractivity contribution in [2.75, 3.05) is 13.1 Å². The first-order valence-electron chi connectivity index (χ1n) is 9.68. The number of piperidine rings is 1. The molecule has 27 heavy (non-hydrogen) atoms. The standard InChI is InChI=1S/C23H28N2O2/c1-17-3-7-19(8-4-17)15-22(26)25-13-11-21(12-14-25)23(27)24-16-20-9-5-18(2)6-10-20/h3-10,21H,11-16H2,1-2H3,(H,24,27). The van der Waals surface area contributed by atoms with Gasteiger partial charge in [0.05, 0.1) is 6.42 Å². The van der Waals surface area contributed by atoms with E-state index in [-0.39, 0.29) is 17.7 Å². The highest BCUT2D eigenvalue weighted by Gasteiger charge is 2.27. The molecule has 1 heterocycles. The number of nitrogens with zero attached hydrogens (tertiary/aromatic N) is 1. The number of nitrogens with one attached hydrogen (secondary N) is 1. The van der Waals surface area contributed by atoms with E-state index in [0.717, 1.165) is 24.0 Å². The number of rotatable bonds is 5. The lowest BCUT2D eigenvalue weighted by atomic mass is 9.95. The summed E-state index contributed by atoms with van der Waals surface area (Å²) in [6, 6.07) is 16.3. The summed E-state index contributed by atoms with van der Waals surface area (Å²) in [4.78, 5) is 26.8. The topological polar surface area (TPSA) is 49.4 Å². The van der Waals surface area contributed by atoms with E-state index < -0.39 is 0 Å². The molecule has 1 fully saturated rings. The Morgan fingerprint density at radius 3 is 1.96 bits per heavy atom. The normalized spacial score (nSPS) is 14.8. The fourth-order valence-electron chi connectivity index (χ4n) is 3.42. The molecule has 1 N–H and O–H groups in total. The van der Waals surface area contributed by atoms with Crippen molar-refractivity contribution in [2.24, 2.45) is 5.92 Å². The lowest BCUT2D eigenvalue weighted by molar-refractivity contribution is -0.135. The first-order valence-corrected chi connectivity index (χ1v) is 9.68. The second-order valence-corrected chi connectivity index (χ2v) is 7.52. The molecule has 1 aliphatic rings. The minimum atomic E-state index is -0.00104. The maximum Gasteiger partial charge on any atom is 0.226 e. The smallest absolute Gasteiger partial charge is 0.226 e. The second kappa shape index (κ2) is 8.85. The predicted molar refractivity (Wildman–Crippen MR) is 107 cm³/mol. The fraction of sp³-hybridized carbons (Fsp3) is 0.391. The lowest BCUT2D eigenvalue weighted by Gasteiger charge is -2.31. The highest BCUT2D eigenvalue weighted by Crippen LogP contribution is 2.19. The molecule has 0 spiro atoms. The molecule has 1 saturated heterocycles. The molecule has 0 aliphatic carbocycles. The molecule has 142 valence electrons. The van der Waals surface area contributed by atoms with Crippen LogP contribution in [0.1, 0.15) is 35.1 Å². The largest absolute Gasteiger partial charge is 0.352 e. The van der Waals surface area contributed by atoms with Crippen LogP contribution in [0.15, 0.2) is 48.5 Å². The van der Waals surface area contributed by atoms with Gasteiger partial charge in [0, 0.05) is 25.6 Å². The molecule has 0 radical (unpaired) electrons. The summed E-state index contributed by atoms with van der Waals surface area (Å²) in [7, 11) is 0. The van der Waals surface area contributed by atoms with Crippen molar-refractivity contribution < 1.29 is 9.59 Å². The second-order valence-electron chi connectivity index (χ2n) is 7.52. The zero-order chi connectivity index (χ0) is 19.2. The number of hydrogen-bond acceptors (Lipinski definition) is 2. The monoisotopic (exact) mass is 364 g/mol. The van der Waals surface area contributed by atoms with Crippen LogP contribution >= 0.6 is 0 Å². The van der Waals surface area contributed by atoms with Gasteiger partial charge in [-0.3, -0.25) is 9.59 Å². The quantitative estimate of drug-likeness (QED) is 0.884. The zero-order valence-corrected chi connectivity index (χ0v) is 16.2. The molecule has 2 amide bonds. The van der Waals surface area contributed by atoms with Gasteiger partial charge in [-0.1, -0.05) is 59.7 Å². The molecule has 3 rings (SSSR count). The van der Waals surface area contributed by atoms with Gasteiger partial charge in [0.15, 0.2) is 0 Å². The van der Waals surface area contributed by atoms with Gasteiger partial charge < -0.3 is 10.2 Å². The summed E-state index contributed by atoms with van der Waals surface area (Å²) in [5, 5.41) is 3.03. The van der Waals surface area contributed by atoms with Crippen molar-refractivity contribution >= 4 is 11.8 Å². The van der Waals surface area contributed by atoms with Crippen LogP contribution in [0.3, 0.4) is 0 Å². The zero-order valence-electron chi connectivity index (χ0n) is 16.2. The molecule has 0 unspecified atom stereocenters. The molecule has 4 heteroatoms. The molecule has 0 bridgehead atoms. The van der Waals surface area contributed by atoms with Crippen LogP contribution in [-0.4, -0.2) is 29.8 Å². The van der Waals surface area contributed by atoms with E-state index in [4.69, 9.17) is 0 Å². The molecule has 0 aromatic heterocycles. The number of carbonyl (C=O) groups is 2. The van der Waals surface area contributed by atoms with Crippen molar-refractivity contribution in [3.05, 3.63) is 70.8 Å². The highest BCUT2D eigenvalue weighted by molar-refractivity contribution is 5.81. The van der Waals surface area contributed by atoms with Gasteiger partial charge in [-0.25, -0.2) is 0 Å². The summed E-state index contributed by atoms with van der Waals surface area (Å²) < 4.78 is 0. The Balaban J connectivity index is 1.43. The number of benzene rings is 2. The molecule has 4 nitrogen and oxygen atoms in total. The fourth-order valence-corrected chi connectivity index (χ4v) is 3.42. The molecule has 0 atom stereocenters. The third-order valence-electron chi connectivity index (χ3n) is 5.28. The Morgan fingerprint density at radius 2 is 1.41 bits per heavy atom. The van der Waals surface area contributed by atoms with Gasteiger partial charge in [-0.2, -0.15) is 0 Å². The van der Waals surface area contributed by atoms with Gasteiger partial charge >= 0.3 is 0 Å². The summed E-state index contributed by atoms with van der Waals surface area (Å²) >= 11 is 0. The maximum atomic E-state index is 12.5. The van der Waals surface area contributed by atoms with Gasteiger partial charge in [0.2, 0.25) is 11.8 Å². The van der Waals surface area contributed by atoms with Gasteiger partial charge in [-0.05, 0) is 37.8 Å². The average molecular weight is 364 g/mol. The van der Waals surface area contributed by atoms with Crippen molar-refractivity contribution in [1.29, 1.82) is 0 Å². The minimum Gasteiger partial charge on any atom is -0.352 e. The Bertz CT molecular complexity index is 773. The molecule has 0 saturated carbocycles. The Hall–Kier alpha value is -2.62. The van der Waals surface area contributed by atoms with Crippen LogP contribution in [0.5, 0.6) is 0 Å². The summed E-state index contributed by atoms with van der Waals surface area (Å²) in [6.07, 6.45) is 1.91. The van der Waals surface area contributed by atoms with Gasteiger partial charge in [0.1, 0.15) is 0 Å². The molecular formula is C23H28N2O2. The first kappa shape index (κ1) is 19.2. The van der Waals surface area contributed by atoms with E-state index in [0.29, 0.717) is 26.1 Å². The van der Waals surface area contributed by atoms with Gasteiger partial charge in [-0.15, -0.1) is 0 Å². The Kier molecular flexibility index (Phi) is 6.28. The third kappa shape index (κ3) is 5.43. The molecule has 1 aliphatic heterocycles. The third-order valence-corrected chi connectivity index (χ3v) is 5.28. The highest BCUT2D eigenvalue weighted by atomic mass is 16.2. The van der Waals surface area contributed by atoms with Crippen LogP contribution in [0.2, 0.25) is 0 Å². The van der Waals surface area contributed by atoms with E-state index in [1.165, 1.54) is 11.1 Å². The number of aryl methyl sites for hydroxylation is 2. The van der Waals surface area contributed by atoms with Crippen molar-refractivity contribution in [3.63, 3.8) is 0 Å². The van der Waals surface area contributed by atoms with Crippen molar-refractivity contribution in [1.82, 2.24) is 10.2 Å². The van der Waals surface area contributed by atoms with Crippen LogP contribution in [0.4, 0.5) is 0 Å². The average Bonchev–Trinajstić information content (AvgIpc) is 2.69. The van der Waals surface area contributed by atoms with E-state index in [9.17, 15) is 9.59 Å². The number of likely N-dealkylation sites (tertiary alicyclic amines) is 1. The van der Waals surface area contributed by atoms with E-state index in [2.05, 4.69) is 24.4 Å². The molecule has 2 aromatic carbocycles. The first-order chi connectivity index (χ1) is 13.0. The number of carbonyl (C=O) groups excluding carboxylic acids is 2. The maximum absolute atomic E-state index is 12.5. The summed E-state index contributed by atoms with van der Waals surface area (Å²) in [5.41, 5.74) is 4.57. The number of hydrogen-bond donors (Lipinski definition) is 1. The Labute approximate surface area is 161 Å². The number of amides is 2. The van der Waals surface area contributed by atoms with E-state index in [1.807, 2.05) is 48.2 Å². The van der Waals surface area contributed by atoms with Crippen molar-refractivity contribution in [3.8, 4) is 0 Å². The summed E-state index contributed by atoms with van der Waals surface area (Å²) in [5.74, 6) is 0.248. The minimum absolute atomic E-state index is 0.00104. The van der Waals surface area contributed by atoms with Crippen LogP contribution < -0.4 is 5.32 Å². The summed E-state index contributed by atoms with van der Waals surface area (Å²) in [6.45, 7) is 5.98. The SMILES string of the molecule is Cc1ccc(CNC(=O)C2CCN(C(=O)Cc3ccc(C)cc3)CC2)cc1. The van der Waals surface area contributed by atoms with Crippen LogP contribution in [-0.2, 0) is 22.6 Å². The molecule has 2 aromatic rings. The predicted octanol–water partition coefficient (Wildman–Crippen LogP) is 3.40. The van der Waals surface area contributed by atoms with E-state index >= 15 is 0 Å². The van der Waals surface area contributed by atoms with Crippen LogP contribution in [0.25, 0.3) is 0 Å². The lowest BCUT2D eigenvalue weighted by Crippen LogP contribution is -2.43. The van der Waals surface area contributed by atoms with Gasteiger partial charge in [0.25, 0.3) is 0 Å². The van der Waals surface area contributed by atoms with E-state index in [1.54, 1.807) is 0 Å². The van der Waals surface area contributed by atoms with Crippen LogP contribution in [0, 0.1) is 19.8 Å².